The summed E-state index contributed by atoms with van der Waals surface area (Å²) in [4.78, 5) is 28.9. The summed E-state index contributed by atoms with van der Waals surface area (Å²) in [5.74, 6) is 0.0640. The number of hydrogen-bond donors (Lipinski definition) is 0. The van der Waals surface area contributed by atoms with E-state index in [0.29, 0.717) is 12.1 Å². The number of fused-ring (bicyclic) bond motifs is 2. The highest BCUT2D eigenvalue weighted by Gasteiger charge is 2.42. The lowest BCUT2D eigenvalue weighted by atomic mass is 9.85. The number of likely N-dealkylation sites (N-methyl/N-ethyl adjacent to an activating group) is 1. The molecule has 0 radical (unpaired) electrons. The normalized spacial score (nSPS) is 17.9. The second-order valence-corrected chi connectivity index (χ2v) is 7.06. The van der Waals surface area contributed by atoms with E-state index in [1.807, 2.05) is 55.1 Å². The third-order valence-corrected chi connectivity index (χ3v) is 5.25. The van der Waals surface area contributed by atoms with Gasteiger partial charge in [0.2, 0.25) is 5.91 Å². The minimum Gasteiger partial charge on any atom is -0.314 e. The van der Waals surface area contributed by atoms with E-state index in [1.54, 1.807) is 11.9 Å². The molecule has 4 nitrogen and oxygen atoms in total. The zero-order chi connectivity index (χ0) is 17.1. The summed E-state index contributed by atoms with van der Waals surface area (Å²) in [5.41, 5.74) is 4.07. The number of nitrogens with zero attached hydrogens (tertiary/aromatic N) is 2. The second-order valence-electron chi connectivity index (χ2n) is 7.06. The maximum absolute atomic E-state index is 13.0. The molecule has 0 unspecified atom stereocenters. The molecule has 0 aliphatic carbocycles. The number of benzene rings is 2. The molecule has 0 spiro atoms. The zero-order valence-electron chi connectivity index (χ0n) is 14.2. The van der Waals surface area contributed by atoms with Crippen LogP contribution in [0.15, 0.2) is 42.5 Å². The quantitative estimate of drug-likeness (QED) is 0.810. The summed E-state index contributed by atoms with van der Waals surface area (Å²) in [6, 6.07) is 13.6. The van der Waals surface area contributed by atoms with Crippen LogP contribution in [0.5, 0.6) is 0 Å². The molecule has 0 N–H and O–H groups in total. The van der Waals surface area contributed by atoms with Gasteiger partial charge in [0.1, 0.15) is 0 Å². The number of rotatable bonds is 1. The van der Waals surface area contributed by atoms with E-state index < -0.39 is 5.41 Å². The first-order valence-electron chi connectivity index (χ1n) is 8.24. The van der Waals surface area contributed by atoms with Gasteiger partial charge in [-0.25, -0.2) is 0 Å². The van der Waals surface area contributed by atoms with E-state index in [4.69, 9.17) is 0 Å². The van der Waals surface area contributed by atoms with Gasteiger partial charge in [0.25, 0.3) is 5.91 Å². The fourth-order valence-electron chi connectivity index (χ4n) is 3.81. The lowest BCUT2D eigenvalue weighted by Gasteiger charge is -2.19. The standard InChI is InChI=1S/C20H20N2O2/c1-20(2)15-12-14(8-9-17(15)21(3)19(20)24)18(23)22-11-10-13-6-4-5-7-16(13)22/h4-9,12H,10-11H2,1-3H3. The van der Waals surface area contributed by atoms with Crippen molar-refractivity contribution >= 4 is 23.2 Å². The van der Waals surface area contributed by atoms with E-state index in [9.17, 15) is 9.59 Å². The van der Waals surface area contributed by atoms with E-state index >= 15 is 0 Å². The third-order valence-electron chi connectivity index (χ3n) is 5.25. The van der Waals surface area contributed by atoms with Gasteiger partial charge in [-0.2, -0.15) is 0 Å². The Bertz CT molecular complexity index is 870. The second kappa shape index (κ2) is 4.94. The Balaban J connectivity index is 1.74. The molecule has 2 aromatic carbocycles. The molecule has 0 atom stereocenters. The van der Waals surface area contributed by atoms with Crippen molar-refractivity contribution in [2.45, 2.75) is 25.7 Å². The molecule has 24 heavy (non-hydrogen) atoms. The van der Waals surface area contributed by atoms with Crippen molar-refractivity contribution in [2.24, 2.45) is 0 Å². The van der Waals surface area contributed by atoms with Crippen LogP contribution in [-0.2, 0) is 16.6 Å². The first kappa shape index (κ1) is 14.9. The predicted octanol–water partition coefficient (Wildman–Crippen LogP) is 3.14. The highest BCUT2D eigenvalue weighted by molar-refractivity contribution is 6.11. The van der Waals surface area contributed by atoms with E-state index in [0.717, 1.165) is 23.4 Å². The maximum Gasteiger partial charge on any atom is 0.258 e. The molecule has 2 amide bonds. The van der Waals surface area contributed by atoms with Gasteiger partial charge in [-0.3, -0.25) is 9.59 Å². The summed E-state index contributed by atoms with van der Waals surface area (Å²) < 4.78 is 0. The predicted molar refractivity (Wildman–Crippen MR) is 94.7 cm³/mol. The van der Waals surface area contributed by atoms with Crippen LogP contribution in [0.25, 0.3) is 0 Å². The Kier molecular flexibility index (Phi) is 3.07. The summed E-state index contributed by atoms with van der Waals surface area (Å²) in [5, 5.41) is 0. The van der Waals surface area contributed by atoms with Crippen LogP contribution in [-0.4, -0.2) is 25.4 Å². The van der Waals surface area contributed by atoms with Gasteiger partial charge < -0.3 is 9.80 Å². The van der Waals surface area contributed by atoms with Gasteiger partial charge >= 0.3 is 0 Å². The van der Waals surface area contributed by atoms with Crippen LogP contribution >= 0.6 is 0 Å². The Hall–Kier alpha value is -2.62. The Morgan fingerprint density at radius 3 is 2.62 bits per heavy atom. The molecule has 2 aliphatic heterocycles. The van der Waals surface area contributed by atoms with Crippen molar-refractivity contribution in [3.63, 3.8) is 0 Å². The van der Waals surface area contributed by atoms with Crippen LogP contribution in [0.2, 0.25) is 0 Å². The van der Waals surface area contributed by atoms with Gasteiger partial charge in [0, 0.05) is 30.5 Å². The van der Waals surface area contributed by atoms with Gasteiger partial charge in [0.05, 0.1) is 5.41 Å². The van der Waals surface area contributed by atoms with Crippen LogP contribution < -0.4 is 9.80 Å². The van der Waals surface area contributed by atoms with Crippen molar-refractivity contribution in [3.05, 3.63) is 59.2 Å². The van der Waals surface area contributed by atoms with Crippen LogP contribution in [0, 0.1) is 0 Å². The van der Waals surface area contributed by atoms with Gasteiger partial charge in [-0.15, -0.1) is 0 Å². The molecular formula is C20H20N2O2. The number of carbonyl (C=O) groups is 2. The highest BCUT2D eigenvalue weighted by Crippen LogP contribution is 2.41. The van der Waals surface area contributed by atoms with Gasteiger partial charge in [-0.1, -0.05) is 18.2 Å². The number of carbonyl (C=O) groups excluding carboxylic acids is 2. The molecule has 2 heterocycles. The molecular weight excluding hydrogens is 300 g/mol. The lowest BCUT2D eigenvalue weighted by Crippen LogP contribution is -2.33. The van der Waals surface area contributed by atoms with Crippen molar-refractivity contribution in [1.82, 2.24) is 0 Å². The lowest BCUT2D eigenvalue weighted by molar-refractivity contribution is -0.121. The molecule has 2 aromatic rings. The Labute approximate surface area is 141 Å². The average Bonchev–Trinajstić information content (AvgIpc) is 3.09. The zero-order valence-corrected chi connectivity index (χ0v) is 14.2. The third kappa shape index (κ3) is 1.92. The monoisotopic (exact) mass is 320 g/mol. The van der Waals surface area contributed by atoms with Crippen LogP contribution in [0.4, 0.5) is 11.4 Å². The van der Waals surface area contributed by atoms with E-state index in [2.05, 4.69) is 6.07 Å². The highest BCUT2D eigenvalue weighted by atomic mass is 16.2. The van der Waals surface area contributed by atoms with E-state index in [-0.39, 0.29) is 11.8 Å². The number of amides is 2. The first-order chi connectivity index (χ1) is 11.4. The molecule has 0 saturated carbocycles. The molecule has 4 rings (SSSR count). The van der Waals surface area contributed by atoms with Crippen LogP contribution in [0.1, 0.15) is 35.3 Å². The number of para-hydroxylation sites is 1. The van der Waals surface area contributed by atoms with Gasteiger partial charge in [-0.05, 0) is 55.7 Å². The van der Waals surface area contributed by atoms with Crippen molar-refractivity contribution in [3.8, 4) is 0 Å². The molecule has 0 saturated heterocycles. The smallest absolute Gasteiger partial charge is 0.258 e. The van der Waals surface area contributed by atoms with Crippen molar-refractivity contribution in [1.29, 1.82) is 0 Å². The molecule has 122 valence electrons. The minimum absolute atomic E-state index is 0.000511. The minimum atomic E-state index is -0.594. The van der Waals surface area contributed by atoms with Gasteiger partial charge in [0.15, 0.2) is 0 Å². The molecule has 2 aliphatic rings. The average molecular weight is 320 g/mol. The topological polar surface area (TPSA) is 40.6 Å². The molecule has 4 heteroatoms. The van der Waals surface area contributed by atoms with E-state index in [1.165, 1.54) is 5.56 Å². The Morgan fingerprint density at radius 2 is 1.83 bits per heavy atom. The molecule has 0 fully saturated rings. The Morgan fingerprint density at radius 1 is 1.08 bits per heavy atom. The molecule has 0 aromatic heterocycles. The first-order valence-corrected chi connectivity index (χ1v) is 8.24. The fraction of sp³-hybridized carbons (Fsp3) is 0.300. The summed E-state index contributed by atoms with van der Waals surface area (Å²) in [7, 11) is 1.79. The largest absolute Gasteiger partial charge is 0.314 e. The summed E-state index contributed by atoms with van der Waals surface area (Å²) in [6.07, 6.45) is 0.888. The van der Waals surface area contributed by atoms with Crippen LogP contribution in [0.3, 0.4) is 0 Å². The summed E-state index contributed by atoms with van der Waals surface area (Å²) >= 11 is 0. The maximum atomic E-state index is 13.0. The molecule has 0 bridgehead atoms. The number of anilines is 2. The fourth-order valence-corrected chi connectivity index (χ4v) is 3.81. The van der Waals surface area contributed by atoms with Crippen molar-refractivity contribution in [2.75, 3.05) is 23.4 Å². The SMILES string of the molecule is CN1C(=O)C(C)(C)c2cc(C(=O)N3CCc4ccccc43)ccc21. The van der Waals surface area contributed by atoms with Crippen molar-refractivity contribution < 1.29 is 9.59 Å². The number of hydrogen-bond acceptors (Lipinski definition) is 2. The summed E-state index contributed by atoms with van der Waals surface area (Å²) in [6.45, 7) is 4.53.